The van der Waals surface area contributed by atoms with Crippen LogP contribution in [0.15, 0.2) is 78.9 Å². The van der Waals surface area contributed by atoms with Crippen LogP contribution in [-0.4, -0.2) is 15.9 Å². The maximum Gasteiger partial charge on any atom is 0.416 e. The molecule has 1 amide bonds. The van der Waals surface area contributed by atoms with Gasteiger partial charge in [-0.2, -0.15) is 13.2 Å². The highest BCUT2D eigenvalue weighted by atomic mass is 32.1. The summed E-state index contributed by atoms with van der Waals surface area (Å²) in [6.07, 6.45) is -4.45. The van der Waals surface area contributed by atoms with E-state index in [0.29, 0.717) is 32.9 Å². The standard InChI is InChI=1S/C24H14F3N3OS/c25-24(26,27)16-7-3-6-15(13-16)18-12-11-14-5-4-8-17(21(14)28-18)22(31)30-23-29-19-9-1-2-10-20(19)32-23/h1-13H,(H,29,30,31). The van der Waals surface area contributed by atoms with Gasteiger partial charge in [0.2, 0.25) is 0 Å². The van der Waals surface area contributed by atoms with Crippen LogP contribution in [0.5, 0.6) is 0 Å². The number of alkyl halides is 3. The van der Waals surface area contributed by atoms with Gasteiger partial charge in [-0.25, -0.2) is 9.97 Å². The molecule has 2 heterocycles. The highest BCUT2D eigenvalue weighted by Crippen LogP contribution is 2.32. The molecule has 5 aromatic rings. The van der Waals surface area contributed by atoms with Crippen molar-refractivity contribution in [2.75, 3.05) is 5.32 Å². The number of thiazole rings is 1. The fraction of sp³-hybridized carbons (Fsp3) is 0.0417. The third kappa shape index (κ3) is 3.80. The van der Waals surface area contributed by atoms with Gasteiger partial charge in [0, 0.05) is 10.9 Å². The molecule has 0 saturated carbocycles. The Morgan fingerprint density at radius 2 is 1.69 bits per heavy atom. The molecule has 0 aliphatic carbocycles. The lowest BCUT2D eigenvalue weighted by molar-refractivity contribution is -0.137. The second kappa shape index (κ2) is 7.72. The molecule has 0 unspecified atom stereocenters. The van der Waals surface area contributed by atoms with E-state index >= 15 is 0 Å². The number of para-hydroxylation sites is 2. The lowest BCUT2D eigenvalue weighted by Crippen LogP contribution is -2.12. The van der Waals surface area contributed by atoms with E-state index in [2.05, 4.69) is 15.3 Å². The Hall–Kier alpha value is -3.78. The number of rotatable bonds is 3. The van der Waals surface area contributed by atoms with Gasteiger partial charge in [-0.1, -0.05) is 53.8 Å². The normalized spacial score (nSPS) is 11.7. The van der Waals surface area contributed by atoms with Crippen molar-refractivity contribution in [2.45, 2.75) is 6.18 Å². The van der Waals surface area contributed by atoms with Crippen molar-refractivity contribution in [1.82, 2.24) is 9.97 Å². The Morgan fingerprint density at radius 1 is 0.875 bits per heavy atom. The number of carbonyl (C=O) groups is 1. The molecular weight excluding hydrogens is 435 g/mol. The molecule has 0 radical (unpaired) electrons. The Labute approximate surface area is 184 Å². The van der Waals surface area contributed by atoms with Crippen LogP contribution in [0, 0.1) is 0 Å². The van der Waals surface area contributed by atoms with E-state index in [9.17, 15) is 18.0 Å². The first-order valence-corrected chi connectivity index (χ1v) is 10.4. The lowest BCUT2D eigenvalue weighted by atomic mass is 10.0. The van der Waals surface area contributed by atoms with Crippen LogP contribution in [0.25, 0.3) is 32.4 Å². The molecule has 0 saturated heterocycles. The number of anilines is 1. The highest BCUT2D eigenvalue weighted by molar-refractivity contribution is 7.22. The van der Waals surface area contributed by atoms with Crippen molar-refractivity contribution in [3.63, 3.8) is 0 Å². The summed E-state index contributed by atoms with van der Waals surface area (Å²) in [5, 5.41) is 3.97. The predicted octanol–water partition coefficient (Wildman–Crippen LogP) is 6.78. The minimum Gasteiger partial charge on any atom is -0.298 e. The van der Waals surface area contributed by atoms with Gasteiger partial charge in [-0.05, 0) is 36.4 Å². The number of fused-ring (bicyclic) bond motifs is 2. The van der Waals surface area contributed by atoms with Gasteiger partial charge in [-0.15, -0.1) is 0 Å². The monoisotopic (exact) mass is 449 g/mol. The first-order valence-electron chi connectivity index (χ1n) is 9.63. The first-order chi connectivity index (χ1) is 15.4. The zero-order valence-corrected chi connectivity index (χ0v) is 17.2. The third-order valence-electron chi connectivity index (χ3n) is 4.96. The van der Waals surface area contributed by atoms with Crippen LogP contribution in [0.4, 0.5) is 18.3 Å². The largest absolute Gasteiger partial charge is 0.416 e. The van der Waals surface area contributed by atoms with Gasteiger partial charge in [-0.3, -0.25) is 10.1 Å². The Bertz CT molecular complexity index is 1440. The van der Waals surface area contributed by atoms with Crippen LogP contribution >= 0.6 is 11.3 Å². The molecule has 0 spiro atoms. The van der Waals surface area contributed by atoms with Gasteiger partial charge in [0.1, 0.15) is 0 Å². The number of pyridine rings is 1. The number of amides is 1. The number of nitrogens with one attached hydrogen (secondary N) is 1. The molecule has 0 aliphatic rings. The molecule has 2 aromatic heterocycles. The Balaban J connectivity index is 1.53. The lowest BCUT2D eigenvalue weighted by Gasteiger charge is -2.10. The molecule has 5 rings (SSSR count). The molecule has 8 heteroatoms. The maximum atomic E-state index is 13.1. The molecular formula is C24H14F3N3OS. The van der Waals surface area contributed by atoms with Gasteiger partial charge < -0.3 is 0 Å². The summed E-state index contributed by atoms with van der Waals surface area (Å²) in [6.45, 7) is 0. The second-order valence-electron chi connectivity index (χ2n) is 7.09. The zero-order valence-electron chi connectivity index (χ0n) is 16.4. The smallest absolute Gasteiger partial charge is 0.298 e. The predicted molar refractivity (Wildman–Crippen MR) is 120 cm³/mol. The minimum atomic E-state index is -4.45. The van der Waals surface area contributed by atoms with E-state index in [1.165, 1.54) is 17.4 Å². The van der Waals surface area contributed by atoms with Crippen molar-refractivity contribution in [3.8, 4) is 11.3 Å². The van der Waals surface area contributed by atoms with Gasteiger partial charge >= 0.3 is 6.18 Å². The van der Waals surface area contributed by atoms with Crippen molar-refractivity contribution >= 4 is 43.5 Å². The number of nitrogens with zero attached hydrogens (tertiary/aromatic N) is 2. The van der Waals surface area contributed by atoms with Gasteiger partial charge in [0.15, 0.2) is 5.13 Å². The summed E-state index contributed by atoms with van der Waals surface area (Å²) >= 11 is 1.36. The number of aromatic nitrogens is 2. The fourth-order valence-corrected chi connectivity index (χ4v) is 4.30. The van der Waals surface area contributed by atoms with E-state index in [4.69, 9.17) is 0 Å². The van der Waals surface area contributed by atoms with Crippen LogP contribution < -0.4 is 5.32 Å². The topological polar surface area (TPSA) is 54.9 Å². The zero-order chi connectivity index (χ0) is 22.3. The summed E-state index contributed by atoms with van der Waals surface area (Å²) < 4.78 is 40.3. The summed E-state index contributed by atoms with van der Waals surface area (Å²) in [4.78, 5) is 21.9. The average Bonchev–Trinajstić information content (AvgIpc) is 3.20. The number of hydrogen-bond acceptors (Lipinski definition) is 4. The van der Waals surface area contributed by atoms with E-state index in [1.807, 2.05) is 24.3 Å². The van der Waals surface area contributed by atoms with E-state index in [0.717, 1.165) is 22.3 Å². The van der Waals surface area contributed by atoms with Crippen molar-refractivity contribution in [2.24, 2.45) is 0 Å². The van der Waals surface area contributed by atoms with E-state index in [-0.39, 0.29) is 5.91 Å². The number of benzene rings is 3. The maximum absolute atomic E-state index is 13.1. The molecule has 3 aromatic carbocycles. The Kier molecular flexibility index (Phi) is 4.86. The highest BCUT2D eigenvalue weighted by Gasteiger charge is 2.30. The molecule has 0 fully saturated rings. The van der Waals surface area contributed by atoms with Crippen LogP contribution in [0.3, 0.4) is 0 Å². The average molecular weight is 449 g/mol. The van der Waals surface area contributed by atoms with E-state index < -0.39 is 11.7 Å². The van der Waals surface area contributed by atoms with Gasteiger partial charge in [0.25, 0.3) is 5.91 Å². The molecule has 4 nitrogen and oxygen atoms in total. The summed E-state index contributed by atoms with van der Waals surface area (Å²) in [7, 11) is 0. The van der Waals surface area contributed by atoms with Gasteiger partial charge in [0.05, 0.1) is 32.6 Å². The van der Waals surface area contributed by atoms with Crippen molar-refractivity contribution in [3.05, 3.63) is 90.0 Å². The first kappa shape index (κ1) is 20.1. The van der Waals surface area contributed by atoms with Crippen molar-refractivity contribution in [1.29, 1.82) is 0 Å². The fourth-order valence-electron chi connectivity index (χ4n) is 3.44. The summed E-state index contributed by atoms with van der Waals surface area (Å²) in [6, 6.07) is 21.1. The SMILES string of the molecule is O=C(Nc1nc2ccccc2s1)c1cccc2ccc(-c3cccc(C(F)(F)F)c3)nc12. The number of hydrogen-bond donors (Lipinski definition) is 1. The molecule has 32 heavy (non-hydrogen) atoms. The Morgan fingerprint density at radius 3 is 2.50 bits per heavy atom. The molecule has 1 N–H and O–H groups in total. The second-order valence-corrected chi connectivity index (χ2v) is 8.12. The van der Waals surface area contributed by atoms with Crippen LogP contribution in [0.2, 0.25) is 0 Å². The van der Waals surface area contributed by atoms with Crippen LogP contribution in [0.1, 0.15) is 15.9 Å². The molecule has 0 aliphatic heterocycles. The quantitative estimate of drug-likeness (QED) is 0.330. The van der Waals surface area contributed by atoms with Crippen LogP contribution in [-0.2, 0) is 6.18 Å². The molecule has 0 atom stereocenters. The molecule has 0 bridgehead atoms. The summed E-state index contributed by atoms with van der Waals surface area (Å²) in [5.74, 6) is -0.386. The number of halogens is 3. The van der Waals surface area contributed by atoms with E-state index in [1.54, 1.807) is 36.4 Å². The summed E-state index contributed by atoms with van der Waals surface area (Å²) in [5.41, 5.74) is 1.43. The number of carbonyl (C=O) groups excluding carboxylic acids is 1. The third-order valence-corrected chi connectivity index (χ3v) is 5.92. The molecule has 158 valence electrons. The minimum absolute atomic E-state index is 0.315. The van der Waals surface area contributed by atoms with Crippen molar-refractivity contribution < 1.29 is 18.0 Å².